The smallest absolute Gasteiger partial charge is 0.434 e. The normalized spacial score (nSPS) is 12.5. The summed E-state index contributed by atoms with van der Waals surface area (Å²) in [4.78, 5) is 23.6. The van der Waals surface area contributed by atoms with Crippen molar-refractivity contribution >= 4 is 11.9 Å². The van der Waals surface area contributed by atoms with Gasteiger partial charge in [0, 0.05) is 11.6 Å². The zero-order valence-corrected chi connectivity index (χ0v) is 8.09. The Bertz CT molecular complexity index is 388. The van der Waals surface area contributed by atoms with Gasteiger partial charge in [-0.3, -0.25) is 0 Å². The molecule has 0 aromatic carbocycles. The SMILES string of the molecule is COC(C(=O)O)=C(C=C(C)C(=O)O)[N+]#N. The van der Waals surface area contributed by atoms with Gasteiger partial charge in [0.25, 0.3) is 0 Å². The molecule has 0 bridgehead atoms. The molecule has 80 valence electrons. The van der Waals surface area contributed by atoms with E-state index >= 15 is 0 Å². The Hall–Kier alpha value is -2.36. The molecule has 0 aromatic heterocycles. The van der Waals surface area contributed by atoms with Gasteiger partial charge >= 0.3 is 23.4 Å². The molecule has 7 nitrogen and oxygen atoms in total. The van der Waals surface area contributed by atoms with Gasteiger partial charge in [-0.15, -0.1) is 0 Å². The zero-order chi connectivity index (χ0) is 12.0. The number of carbonyl (C=O) groups is 2. The minimum Gasteiger partial charge on any atom is -0.484 e. The highest BCUT2D eigenvalue weighted by atomic mass is 16.5. The average molecular weight is 213 g/mol. The molecular formula is C8H9N2O5+. The van der Waals surface area contributed by atoms with E-state index in [2.05, 4.69) is 9.71 Å². The summed E-state index contributed by atoms with van der Waals surface area (Å²) in [5.74, 6) is -3.35. The monoisotopic (exact) mass is 213 g/mol. The summed E-state index contributed by atoms with van der Waals surface area (Å²) in [5, 5.41) is 25.6. The predicted octanol–water partition coefficient (Wildman–Crippen LogP) is 0.813. The van der Waals surface area contributed by atoms with E-state index in [4.69, 9.17) is 15.6 Å². The van der Waals surface area contributed by atoms with Crippen LogP contribution in [0.4, 0.5) is 0 Å². The van der Waals surface area contributed by atoms with Crippen molar-refractivity contribution in [2.75, 3.05) is 7.11 Å². The molecule has 0 atom stereocenters. The van der Waals surface area contributed by atoms with Crippen LogP contribution in [0.5, 0.6) is 0 Å². The van der Waals surface area contributed by atoms with Crippen LogP contribution in [0, 0.1) is 5.39 Å². The van der Waals surface area contributed by atoms with Crippen molar-refractivity contribution in [3.63, 3.8) is 0 Å². The van der Waals surface area contributed by atoms with Crippen LogP contribution in [0.25, 0.3) is 4.98 Å². The molecule has 0 fully saturated rings. The molecule has 0 aliphatic carbocycles. The molecule has 0 aliphatic rings. The summed E-state index contributed by atoms with van der Waals surface area (Å²) in [6.45, 7) is 1.22. The number of hydrogen-bond acceptors (Lipinski definition) is 4. The number of ether oxygens (including phenoxy) is 1. The summed E-state index contributed by atoms with van der Waals surface area (Å²) in [7, 11) is 1.07. The number of nitrogens with zero attached hydrogens (tertiary/aromatic N) is 2. The van der Waals surface area contributed by atoms with Crippen molar-refractivity contribution < 1.29 is 24.5 Å². The van der Waals surface area contributed by atoms with Gasteiger partial charge in [0.05, 0.1) is 7.11 Å². The molecule has 0 saturated heterocycles. The molecule has 2 N–H and O–H groups in total. The lowest BCUT2D eigenvalue weighted by Crippen LogP contribution is -2.05. The maximum atomic E-state index is 10.6. The van der Waals surface area contributed by atoms with Crippen molar-refractivity contribution in [2.24, 2.45) is 0 Å². The van der Waals surface area contributed by atoms with Crippen LogP contribution in [-0.4, -0.2) is 29.3 Å². The van der Waals surface area contributed by atoms with E-state index in [-0.39, 0.29) is 5.57 Å². The van der Waals surface area contributed by atoms with Gasteiger partial charge in [0.15, 0.2) is 4.98 Å². The van der Waals surface area contributed by atoms with E-state index in [0.29, 0.717) is 0 Å². The second kappa shape index (κ2) is 5.39. The van der Waals surface area contributed by atoms with Gasteiger partial charge in [-0.25, -0.2) is 9.59 Å². The quantitative estimate of drug-likeness (QED) is 0.309. The Labute approximate surface area is 84.9 Å². The Kier molecular flexibility index (Phi) is 4.54. The minimum absolute atomic E-state index is 0.182. The van der Waals surface area contributed by atoms with Crippen LogP contribution in [0.2, 0.25) is 0 Å². The highest BCUT2D eigenvalue weighted by molar-refractivity contribution is 5.89. The first-order chi connectivity index (χ1) is 6.93. The van der Waals surface area contributed by atoms with Crippen LogP contribution < -0.4 is 0 Å². The fraction of sp³-hybridized carbons (Fsp3) is 0.250. The molecular weight excluding hydrogens is 204 g/mol. The molecule has 0 amide bonds. The molecule has 0 saturated carbocycles. The number of carboxylic acid groups (broad SMARTS) is 2. The molecule has 0 radical (unpaired) electrons. The van der Waals surface area contributed by atoms with Crippen molar-refractivity contribution in [3.05, 3.63) is 28.1 Å². The van der Waals surface area contributed by atoms with Crippen LogP contribution in [0.15, 0.2) is 23.1 Å². The second-order valence-corrected chi connectivity index (χ2v) is 2.46. The molecule has 0 unspecified atom stereocenters. The standard InChI is InChI=1S/C8H8N2O5/c1-4(7(11)12)3-5(10-9)6(15-2)8(13)14/h3H,1-2H3,(H-,11,12,13,14)/p+1. The van der Waals surface area contributed by atoms with E-state index in [0.717, 1.165) is 13.2 Å². The molecule has 0 heterocycles. The third-order valence-corrected chi connectivity index (χ3v) is 1.43. The topological polar surface area (TPSA) is 112 Å². The maximum Gasteiger partial charge on any atom is 0.434 e. The molecule has 0 aliphatic heterocycles. The van der Waals surface area contributed by atoms with Crippen LogP contribution >= 0.6 is 0 Å². The molecule has 0 aromatic rings. The van der Waals surface area contributed by atoms with Gasteiger partial charge < -0.3 is 14.9 Å². The number of diazo groups is 1. The first-order valence-electron chi connectivity index (χ1n) is 3.72. The van der Waals surface area contributed by atoms with Crippen LogP contribution in [0.1, 0.15) is 6.92 Å². The summed E-state index contributed by atoms with van der Waals surface area (Å²) < 4.78 is 4.43. The summed E-state index contributed by atoms with van der Waals surface area (Å²) in [5.41, 5.74) is -0.650. The molecule has 15 heavy (non-hydrogen) atoms. The largest absolute Gasteiger partial charge is 0.484 e. The fourth-order valence-corrected chi connectivity index (χ4v) is 0.708. The Morgan fingerprint density at radius 1 is 1.33 bits per heavy atom. The number of aliphatic carboxylic acids is 2. The molecule has 7 heteroatoms. The van der Waals surface area contributed by atoms with Gasteiger partial charge in [-0.1, -0.05) is 0 Å². The van der Waals surface area contributed by atoms with Crippen LogP contribution in [-0.2, 0) is 14.3 Å². The summed E-state index contributed by atoms with van der Waals surface area (Å²) in [6, 6.07) is 0. The summed E-state index contributed by atoms with van der Waals surface area (Å²) in [6.07, 6.45) is 0.884. The highest BCUT2D eigenvalue weighted by Crippen LogP contribution is 2.11. The number of hydrogen-bond donors (Lipinski definition) is 2. The van der Waals surface area contributed by atoms with Gasteiger partial charge in [-0.2, -0.15) is 0 Å². The molecule has 0 spiro atoms. The maximum absolute atomic E-state index is 10.6. The molecule has 0 rings (SSSR count). The fourth-order valence-electron chi connectivity index (χ4n) is 0.708. The predicted molar refractivity (Wildman–Crippen MR) is 48.1 cm³/mol. The van der Waals surface area contributed by atoms with Crippen LogP contribution in [0.3, 0.4) is 0 Å². The zero-order valence-electron chi connectivity index (χ0n) is 8.09. The van der Waals surface area contributed by atoms with Crippen molar-refractivity contribution in [3.8, 4) is 0 Å². The van der Waals surface area contributed by atoms with Gasteiger partial charge in [0.2, 0.25) is 5.39 Å². The Morgan fingerprint density at radius 2 is 1.87 bits per heavy atom. The van der Waals surface area contributed by atoms with Crippen molar-refractivity contribution in [1.82, 2.24) is 0 Å². The average Bonchev–Trinajstić information content (AvgIpc) is 2.16. The Morgan fingerprint density at radius 3 is 2.13 bits per heavy atom. The third kappa shape index (κ3) is 3.48. The minimum atomic E-state index is -1.46. The van der Waals surface area contributed by atoms with E-state index in [1.165, 1.54) is 6.92 Å². The van der Waals surface area contributed by atoms with Gasteiger partial charge in [0.1, 0.15) is 0 Å². The van der Waals surface area contributed by atoms with E-state index in [9.17, 15) is 9.59 Å². The van der Waals surface area contributed by atoms with E-state index in [1.807, 2.05) is 0 Å². The van der Waals surface area contributed by atoms with Crippen molar-refractivity contribution in [1.29, 1.82) is 5.39 Å². The third-order valence-electron chi connectivity index (χ3n) is 1.43. The highest BCUT2D eigenvalue weighted by Gasteiger charge is 2.25. The second-order valence-electron chi connectivity index (χ2n) is 2.46. The first-order valence-corrected chi connectivity index (χ1v) is 3.72. The Balaban J connectivity index is 5.43. The van der Waals surface area contributed by atoms with Gasteiger partial charge in [-0.05, 0) is 6.92 Å². The lowest BCUT2D eigenvalue weighted by molar-refractivity contribution is -0.136. The number of methoxy groups -OCH3 is 1. The first kappa shape index (κ1) is 12.6. The number of allylic oxidation sites excluding steroid dienone is 1. The van der Waals surface area contributed by atoms with E-state index in [1.54, 1.807) is 0 Å². The lowest BCUT2D eigenvalue weighted by Gasteiger charge is -1.94. The summed E-state index contributed by atoms with van der Waals surface area (Å²) >= 11 is 0. The van der Waals surface area contributed by atoms with E-state index < -0.39 is 23.4 Å². The van der Waals surface area contributed by atoms with Crippen molar-refractivity contribution in [2.45, 2.75) is 6.92 Å². The number of carboxylic acids is 2. The lowest BCUT2D eigenvalue weighted by atomic mass is 10.2. The number of rotatable bonds is 4.